The topological polar surface area (TPSA) is 107 Å². The Bertz CT molecular complexity index is 907. The van der Waals surface area contributed by atoms with Crippen molar-refractivity contribution in [2.45, 2.75) is 5.75 Å². The average molecular weight is 390 g/mol. The van der Waals surface area contributed by atoms with Gasteiger partial charge >= 0.3 is 5.97 Å². The number of rotatable bonds is 6. The maximum Gasteiger partial charge on any atom is 0.360 e. The number of anilines is 1. The Morgan fingerprint density at radius 3 is 2.60 bits per heavy atom. The van der Waals surface area contributed by atoms with Crippen LogP contribution in [0.15, 0.2) is 24.5 Å². The molecule has 0 radical (unpaired) electrons. The number of nitrogens with zero attached hydrogens (tertiary/aromatic N) is 2. The van der Waals surface area contributed by atoms with E-state index in [1.165, 1.54) is 25.6 Å². The highest BCUT2D eigenvalue weighted by atomic mass is 35.5. The summed E-state index contributed by atoms with van der Waals surface area (Å²) in [5.74, 6) is -2.71. The van der Waals surface area contributed by atoms with E-state index in [4.69, 9.17) is 16.3 Å². The Labute approximate surface area is 148 Å². The van der Waals surface area contributed by atoms with Crippen molar-refractivity contribution >= 4 is 33.4 Å². The van der Waals surface area contributed by atoms with E-state index < -0.39 is 27.6 Å². The zero-order valence-electron chi connectivity index (χ0n) is 13.1. The van der Waals surface area contributed by atoms with Crippen LogP contribution in [0.2, 0.25) is 5.02 Å². The third-order valence-corrected chi connectivity index (χ3v) is 4.62. The first-order valence-electron chi connectivity index (χ1n) is 6.69. The molecule has 8 nitrogen and oxygen atoms in total. The number of nitrogens with one attached hydrogen (secondary N) is 1. The molecule has 134 valence electrons. The highest BCUT2D eigenvalue weighted by molar-refractivity contribution is 7.91. The summed E-state index contributed by atoms with van der Waals surface area (Å²) in [6.07, 6.45) is 2.38. The first-order chi connectivity index (χ1) is 11.8. The Morgan fingerprint density at radius 1 is 1.28 bits per heavy atom. The number of sulfonamides is 1. The molecule has 1 aromatic carbocycles. The molecule has 0 saturated carbocycles. The predicted molar refractivity (Wildman–Crippen MR) is 87.6 cm³/mol. The lowest BCUT2D eigenvalue weighted by Gasteiger charge is -2.12. The number of halogens is 2. The van der Waals surface area contributed by atoms with Crippen molar-refractivity contribution in [2.24, 2.45) is 0 Å². The van der Waals surface area contributed by atoms with Crippen molar-refractivity contribution in [2.75, 3.05) is 18.9 Å². The molecule has 0 aliphatic rings. The van der Waals surface area contributed by atoms with Crippen LogP contribution in [0.25, 0.3) is 0 Å². The van der Waals surface area contributed by atoms with Crippen LogP contribution in [-0.2, 0) is 20.5 Å². The summed E-state index contributed by atoms with van der Waals surface area (Å²) in [5.41, 5.74) is -0.609. The highest BCUT2D eigenvalue weighted by Gasteiger charge is 2.23. The van der Waals surface area contributed by atoms with Gasteiger partial charge in [0.1, 0.15) is 11.6 Å². The minimum absolute atomic E-state index is 0.128. The number of benzene rings is 1. The maximum absolute atomic E-state index is 14.0. The quantitative estimate of drug-likeness (QED) is 0.753. The predicted octanol–water partition coefficient (Wildman–Crippen LogP) is 2.01. The maximum atomic E-state index is 14.0. The molecule has 0 atom stereocenters. The number of aromatic nitrogens is 2. The smallest absolute Gasteiger partial charge is 0.360 e. The van der Waals surface area contributed by atoms with Crippen LogP contribution in [0, 0.1) is 5.82 Å². The number of methoxy groups -OCH3 is 2. The highest BCUT2D eigenvalue weighted by Crippen LogP contribution is 2.31. The number of carbonyl (C=O) groups excluding carboxylic acids is 1. The fourth-order valence-corrected chi connectivity index (χ4v) is 3.45. The molecule has 1 N–H and O–H groups in total. The summed E-state index contributed by atoms with van der Waals surface area (Å²) in [7, 11) is -1.73. The van der Waals surface area contributed by atoms with Crippen LogP contribution in [0.3, 0.4) is 0 Å². The molecule has 0 aliphatic heterocycles. The third kappa shape index (κ3) is 4.34. The van der Waals surface area contributed by atoms with E-state index in [1.54, 1.807) is 0 Å². The van der Waals surface area contributed by atoms with Crippen LogP contribution < -0.4 is 9.46 Å². The van der Waals surface area contributed by atoms with Crippen molar-refractivity contribution in [1.29, 1.82) is 0 Å². The van der Waals surface area contributed by atoms with Gasteiger partial charge in [-0.1, -0.05) is 11.6 Å². The normalized spacial score (nSPS) is 11.0. The van der Waals surface area contributed by atoms with Crippen molar-refractivity contribution in [3.05, 3.63) is 46.6 Å². The minimum Gasteiger partial charge on any atom is -0.495 e. The van der Waals surface area contributed by atoms with Gasteiger partial charge in [0.15, 0.2) is 11.5 Å². The van der Waals surface area contributed by atoms with Crippen molar-refractivity contribution in [3.8, 4) is 5.75 Å². The number of carbonyl (C=O) groups is 1. The van der Waals surface area contributed by atoms with Gasteiger partial charge in [0.2, 0.25) is 10.0 Å². The lowest BCUT2D eigenvalue weighted by Crippen LogP contribution is -2.20. The molecule has 2 aromatic rings. The van der Waals surface area contributed by atoms with Crippen LogP contribution in [0.1, 0.15) is 16.1 Å². The molecule has 25 heavy (non-hydrogen) atoms. The molecule has 2 rings (SSSR count). The van der Waals surface area contributed by atoms with Gasteiger partial charge in [0, 0.05) is 18.0 Å². The molecule has 0 unspecified atom stereocenters. The summed E-state index contributed by atoms with van der Waals surface area (Å²) in [5, 5.41) is -0.166. The minimum atomic E-state index is -4.16. The largest absolute Gasteiger partial charge is 0.495 e. The molecule has 0 fully saturated rings. The van der Waals surface area contributed by atoms with Gasteiger partial charge in [0.05, 0.1) is 25.0 Å². The summed E-state index contributed by atoms with van der Waals surface area (Å²) in [4.78, 5) is 19.1. The van der Waals surface area contributed by atoms with E-state index in [1.807, 2.05) is 0 Å². The summed E-state index contributed by atoms with van der Waals surface area (Å²) in [6, 6.07) is 2.32. The van der Waals surface area contributed by atoms with Gasteiger partial charge in [0.25, 0.3) is 0 Å². The Kier molecular flexibility index (Phi) is 5.75. The van der Waals surface area contributed by atoms with Gasteiger partial charge in [-0.3, -0.25) is 4.72 Å². The van der Waals surface area contributed by atoms with Crippen molar-refractivity contribution in [1.82, 2.24) is 9.97 Å². The summed E-state index contributed by atoms with van der Waals surface area (Å²) in [6.45, 7) is 0. The molecule has 11 heteroatoms. The third-order valence-electron chi connectivity index (χ3n) is 3.03. The van der Waals surface area contributed by atoms with Gasteiger partial charge in [-0.25, -0.2) is 27.6 Å². The molecular formula is C14H13ClFN3O5S. The number of hydrogen-bond acceptors (Lipinski definition) is 7. The molecule has 0 bridgehead atoms. The fourth-order valence-electron chi connectivity index (χ4n) is 1.90. The summed E-state index contributed by atoms with van der Waals surface area (Å²) >= 11 is 5.97. The van der Waals surface area contributed by atoms with Crippen LogP contribution in [-0.4, -0.2) is 38.6 Å². The van der Waals surface area contributed by atoms with E-state index >= 15 is 0 Å². The van der Waals surface area contributed by atoms with Gasteiger partial charge in [-0.2, -0.15) is 0 Å². The molecule has 0 amide bonds. The Balaban J connectivity index is 2.35. The van der Waals surface area contributed by atoms with Crippen LogP contribution in [0.5, 0.6) is 5.75 Å². The summed E-state index contributed by atoms with van der Waals surface area (Å²) < 4.78 is 50.2. The standard InChI is InChI=1S/C14H13ClFN3O5S/c1-23-10-4-3-9(16)8(11(10)15)7-25(21,22)19-13-12(14(20)24-2)17-5-6-18-13/h3-6H,7H2,1-2H3,(H,18,19). The molecule has 0 saturated heterocycles. The lowest BCUT2D eigenvalue weighted by molar-refractivity contribution is 0.0595. The van der Waals surface area contributed by atoms with E-state index in [0.29, 0.717) is 0 Å². The van der Waals surface area contributed by atoms with Gasteiger partial charge in [-0.05, 0) is 12.1 Å². The SMILES string of the molecule is COC(=O)c1nccnc1NS(=O)(=O)Cc1c(F)ccc(OC)c1Cl. The molecule has 0 spiro atoms. The number of esters is 1. The Morgan fingerprint density at radius 2 is 1.96 bits per heavy atom. The van der Waals surface area contributed by atoms with E-state index in [0.717, 1.165) is 13.2 Å². The average Bonchev–Trinajstić information content (AvgIpc) is 2.58. The Hall–Kier alpha value is -2.46. The van der Waals surface area contributed by atoms with Crippen molar-refractivity contribution in [3.63, 3.8) is 0 Å². The van der Waals surface area contributed by atoms with Crippen LogP contribution in [0.4, 0.5) is 10.2 Å². The first-order valence-corrected chi connectivity index (χ1v) is 8.72. The lowest BCUT2D eigenvalue weighted by atomic mass is 10.2. The molecular weight excluding hydrogens is 377 g/mol. The molecule has 0 aliphatic carbocycles. The monoisotopic (exact) mass is 389 g/mol. The van der Waals surface area contributed by atoms with Crippen molar-refractivity contribution < 1.29 is 27.1 Å². The second-order valence-electron chi connectivity index (χ2n) is 4.65. The number of ether oxygens (including phenoxy) is 2. The van der Waals surface area contributed by atoms with E-state index in [2.05, 4.69) is 19.4 Å². The molecule has 1 heterocycles. The van der Waals surface area contributed by atoms with E-state index in [9.17, 15) is 17.6 Å². The van der Waals surface area contributed by atoms with Crippen LogP contribution >= 0.6 is 11.6 Å². The first kappa shape index (κ1) is 18.9. The second kappa shape index (κ2) is 7.62. The fraction of sp³-hybridized carbons (Fsp3) is 0.214. The molecule has 1 aromatic heterocycles. The van der Waals surface area contributed by atoms with Gasteiger partial charge < -0.3 is 9.47 Å². The number of hydrogen-bond donors (Lipinski definition) is 1. The van der Waals surface area contributed by atoms with Gasteiger partial charge in [-0.15, -0.1) is 0 Å². The zero-order chi connectivity index (χ0) is 18.6. The van der Waals surface area contributed by atoms with E-state index in [-0.39, 0.29) is 27.8 Å². The second-order valence-corrected chi connectivity index (χ2v) is 6.75. The zero-order valence-corrected chi connectivity index (χ0v) is 14.7.